The maximum Gasteiger partial charge on any atom is 0.407 e. The number of H-pyrrole nitrogens is 1. The second-order valence-corrected chi connectivity index (χ2v) is 17.9. The van der Waals surface area contributed by atoms with Gasteiger partial charge in [-0.1, -0.05) is 86.6 Å². The van der Waals surface area contributed by atoms with E-state index in [0.717, 1.165) is 55.0 Å². The van der Waals surface area contributed by atoms with Crippen LogP contribution in [0.1, 0.15) is 55.7 Å². The van der Waals surface area contributed by atoms with Crippen molar-refractivity contribution in [1.82, 2.24) is 30.4 Å². The van der Waals surface area contributed by atoms with Crippen LogP contribution in [-0.2, 0) is 28.5 Å². The van der Waals surface area contributed by atoms with Crippen LogP contribution < -0.4 is 16.0 Å². The molecule has 68 heavy (non-hydrogen) atoms. The first kappa shape index (κ1) is 47.5. The van der Waals surface area contributed by atoms with E-state index >= 15 is 0 Å². The molecule has 0 unspecified atom stereocenters. The number of aromatic nitrogens is 2. The van der Waals surface area contributed by atoms with Crippen molar-refractivity contribution >= 4 is 68.5 Å². The van der Waals surface area contributed by atoms with Crippen molar-refractivity contribution in [3.63, 3.8) is 0 Å². The molecule has 1 aromatic heterocycles. The molecule has 356 valence electrons. The molecule has 4 amide bonds. The summed E-state index contributed by atoms with van der Waals surface area (Å²) in [7, 11) is 7.76. The number of carbonyl (C=O) groups is 4. The van der Waals surface area contributed by atoms with E-state index in [1.165, 1.54) is 14.2 Å². The largest absolute Gasteiger partial charge is 0.453 e. The number of aromatic amines is 1. The highest BCUT2D eigenvalue weighted by Crippen LogP contribution is 2.39. The van der Waals surface area contributed by atoms with Crippen molar-refractivity contribution in [2.45, 2.75) is 51.0 Å². The van der Waals surface area contributed by atoms with Crippen molar-refractivity contribution in [3.05, 3.63) is 108 Å². The highest BCUT2D eigenvalue weighted by atomic mass is 16.5. The Morgan fingerprint density at radius 3 is 2.06 bits per heavy atom. The summed E-state index contributed by atoms with van der Waals surface area (Å²) in [6, 6.07) is 28.1. The third-order valence-electron chi connectivity index (χ3n) is 13.2. The highest BCUT2D eigenvalue weighted by Gasteiger charge is 2.42. The lowest BCUT2D eigenvalue weighted by Crippen LogP contribution is -2.52. The minimum absolute atomic E-state index is 0.0678. The molecule has 2 aliphatic rings. The van der Waals surface area contributed by atoms with E-state index in [2.05, 4.69) is 69.5 Å². The van der Waals surface area contributed by atoms with Crippen molar-refractivity contribution in [1.29, 1.82) is 0 Å². The Kier molecular flexibility index (Phi) is 14.6. The van der Waals surface area contributed by atoms with Crippen molar-refractivity contribution < 1.29 is 38.1 Å². The average molecular weight is 925 g/mol. The van der Waals surface area contributed by atoms with Crippen LogP contribution in [0.4, 0.5) is 15.3 Å². The van der Waals surface area contributed by atoms with Crippen LogP contribution >= 0.6 is 0 Å². The number of hydrogen-bond donors (Lipinski definition) is 4. The smallest absolute Gasteiger partial charge is 0.407 e. The number of amides is 4. The Labute approximate surface area is 395 Å². The quantitative estimate of drug-likeness (QED) is 0.0739. The van der Waals surface area contributed by atoms with Crippen LogP contribution in [0, 0.1) is 17.8 Å². The van der Waals surface area contributed by atoms with Gasteiger partial charge >= 0.3 is 12.2 Å². The molecule has 2 fully saturated rings. The molecule has 5 aromatic carbocycles. The lowest BCUT2D eigenvalue weighted by atomic mass is 9.96. The minimum atomic E-state index is -0.948. The normalized spacial score (nSPS) is 19.2. The van der Waals surface area contributed by atoms with Gasteiger partial charge < -0.3 is 49.7 Å². The molecule has 8 rings (SSSR count). The summed E-state index contributed by atoms with van der Waals surface area (Å²) in [5.74, 6) is 0.217. The summed E-state index contributed by atoms with van der Waals surface area (Å²) >= 11 is 0. The SMILES string of the molecule is CNc1c(C=N[C@@H]2C[C@H](COC)CN2C(=O)[C@@H](NC(=O)OC)C(C)C)ccc2cc(-c3ccc4c(ccc5[nH]c([C@@H]6C[C@H](COC)CN6C(=O)[C@H](NC(=O)OC)c6ccccc6)nc54)c3)ccc12. The van der Waals surface area contributed by atoms with Gasteiger partial charge in [-0.25, -0.2) is 14.6 Å². The van der Waals surface area contributed by atoms with Gasteiger partial charge in [-0.15, -0.1) is 0 Å². The lowest BCUT2D eigenvalue weighted by molar-refractivity contribution is -0.135. The van der Waals surface area contributed by atoms with Gasteiger partial charge in [-0.3, -0.25) is 14.6 Å². The Morgan fingerprint density at radius 2 is 1.40 bits per heavy atom. The molecule has 0 bridgehead atoms. The van der Waals surface area contributed by atoms with Crippen LogP contribution in [0.25, 0.3) is 43.7 Å². The van der Waals surface area contributed by atoms with E-state index < -0.39 is 30.4 Å². The molecule has 0 radical (unpaired) electrons. The zero-order chi connectivity index (χ0) is 48.1. The number of imidazole rings is 1. The molecule has 2 saturated heterocycles. The molecule has 6 atom stereocenters. The summed E-state index contributed by atoms with van der Waals surface area (Å²) in [4.78, 5) is 70.1. The van der Waals surface area contributed by atoms with Crippen LogP contribution in [-0.4, -0.2) is 124 Å². The summed E-state index contributed by atoms with van der Waals surface area (Å²) in [6.45, 7) is 5.66. The molecule has 0 saturated carbocycles. The van der Waals surface area contributed by atoms with Gasteiger partial charge in [0.1, 0.15) is 24.1 Å². The number of rotatable bonds is 15. The zero-order valence-corrected chi connectivity index (χ0v) is 39.6. The fraction of sp³-hybridized carbons (Fsp3) is 0.385. The number of aliphatic imine (C=N–C) groups is 1. The lowest BCUT2D eigenvalue weighted by Gasteiger charge is -2.29. The molecular weight excluding hydrogens is 865 g/mol. The van der Waals surface area contributed by atoms with E-state index in [1.54, 1.807) is 24.0 Å². The highest BCUT2D eigenvalue weighted by molar-refractivity contribution is 6.07. The van der Waals surface area contributed by atoms with Gasteiger partial charge in [-0.2, -0.15) is 0 Å². The van der Waals surface area contributed by atoms with Gasteiger partial charge in [0.2, 0.25) is 5.91 Å². The predicted molar refractivity (Wildman–Crippen MR) is 262 cm³/mol. The van der Waals surface area contributed by atoms with Crippen LogP contribution in [0.15, 0.2) is 96.0 Å². The first-order valence-electron chi connectivity index (χ1n) is 23.0. The number of benzene rings is 5. The molecule has 16 nitrogen and oxygen atoms in total. The van der Waals surface area contributed by atoms with Gasteiger partial charge in [0, 0.05) is 68.7 Å². The molecule has 3 heterocycles. The van der Waals surface area contributed by atoms with Gasteiger partial charge in [0.15, 0.2) is 0 Å². The summed E-state index contributed by atoms with van der Waals surface area (Å²) in [5.41, 5.74) is 6.21. The van der Waals surface area contributed by atoms with Gasteiger partial charge in [0.05, 0.1) is 50.2 Å². The molecule has 0 aliphatic carbocycles. The Morgan fingerprint density at radius 1 is 0.765 bits per heavy atom. The fourth-order valence-corrected chi connectivity index (χ4v) is 9.81. The Bertz CT molecular complexity index is 2830. The molecule has 2 aliphatic heterocycles. The van der Waals surface area contributed by atoms with E-state index in [9.17, 15) is 19.2 Å². The number of anilines is 1. The van der Waals surface area contributed by atoms with E-state index in [1.807, 2.05) is 69.6 Å². The van der Waals surface area contributed by atoms with Crippen molar-refractivity contribution in [3.8, 4) is 11.1 Å². The number of likely N-dealkylation sites (tertiary alicyclic amines) is 2. The summed E-state index contributed by atoms with van der Waals surface area (Å²) in [5, 5.41) is 12.9. The first-order chi connectivity index (χ1) is 32.9. The number of nitrogens with one attached hydrogen (secondary N) is 4. The van der Waals surface area contributed by atoms with E-state index in [0.29, 0.717) is 50.5 Å². The Balaban J connectivity index is 1.05. The van der Waals surface area contributed by atoms with E-state index in [4.69, 9.17) is 28.9 Å². The third-order valence-corrected chi connectivity index (χ3v) is 13.2. The monoisotopic (exact) mass is 924 g/mol. The number of methoxy groups -OCH3 is 4. The molecule has 6 aromatic rings. The van der Waals surface area contributed by atoms with Crippen LogP contribution in [0.3, 0.4) is 0 Å². The van der Waals surface area contributed by atoms with E-state index in [-0.39, 0.29) is 35.6 Å². The average Bonchev–Trinajstić information content (AvgIpc) is 4.11. The van der Waals surface area contributed by atoms with Crippen LogP contribution in [0.2, 0.25) is 0 Å². The summed E-state index contributed by atoms with van der Waals surface area (Å²) in [6.07, 6.45) is 1.32. The number of ether oxygens (including phenoxy) is 4. The third kappa shape index (κ3) is 9.83. The predicted octanol–water partition coefficient (Wildman–Crippen LogP) is 7.83. The topological polar surface area (TPSA) is 189 Å². The maximum atomic E-state index is 14.4. The molecule has 4 N–H and O–H groups in total. The number of hydrogen-bond acceptors (Lipinski definition) is 11. The van der Waals surface area contributed by atoms with Crippen molar-refractivity contribution in [2.24, 2.45) is 22.7 Å². The Hall–Kier alpha value is -7.04. The molecule has 16 heteroatoms. The fourth-order valence-electron chi connectivity index (χ4n) is 9.81. The standard InChI is InChI=1S/C52H60N8O8/c1-30(2)44(57-51(63)67-6)49(61)60-27-32(29-66-5)22-43(60)54-25-38-14-13-36-23-34(15-18-39(36)45(38)53-3)35-16-19-40-37(24-35)17-20-41-47(40)56-48(55-41)42-21-31(28-65-4)26-59(42)50(62)46(58-52(64)68-7)33-11-9-8-10-12-33/h8-20,23-25,30-32,42-44,46,53H,21-22,26-29H2,1-7H3,(H,55,56)(H,57,63)(H,58,64)/t31-,32-,42-,43-,44-,46+/m0/s1. The van der Waals surface area contributed by atoms with Gasteiger partial charge in [-0.05, 0) is 64.4 Å². The number of fused-ring (bicyclic) bond motifs is 4. The second kappa shape index (κ2) is 20.9. The number of carbonyl (C=O) groups excluding carboxylic acids is 4. The number of alkyl carbamates (subject to hydrolysis) is 2. The maximum absolute atomic E-state index is 14.4. The molecular formula is C52H60N8O8. The minimum Gasteiger partial charge on any atom is -0.453 e. The summed E-state index contributed by atoms with van der Waals surface area (Å²) < 4.78 is 20.7. The second-order valence-electron chi connectivity index (χ2n) is 17.9. The van der Waals surface area contributed by atoms with Crippen LogP contribution in [0.5, 0.6) is 0 Å². The number of nitrogens with zero attached hydrogens (tertiary/aromatic N) is 4. The zero-order valence-electron chi connectivity index (χ0n) is 39.6. The first-order valence-corrected chi connectivity index (χ1v) is 23.0. The van der Waals surface area contributed by atoms with Gasteiger partial charge in [0.25, 0.3) is 5.91 Å². The van der Waals surface area contributed by atoms with Crippen molar-refractivity contribution in [2.75, 3.05) is 67.1 Å². The molecule has 0 spiro atoms.